The predicted molar refractivity (Wildman–Crippen MR) is 49.3 cm³/mol. The van der Waals surface area contributed by atoms with E-state index in [9.17, 15) is 0 Å². The van der Waals surface area contributed by atoms with E-state index >= 15 is 0 Å². The van der Waals surface area contributed by atoms with Crippen LogP contribution in [0.3, 0.4) is 0 Å². The molecule has 0 aliphatic rings. The average Bonchev–Trinajstić information content (AvgIpc) is 2.45. The zero-order valence-corrected chi connectivity index (χ0v) is 8.47. The summed E-state index contributed by atoms with van der Waals surface area (Å²) in [5.74, 6) is 0.447. The van der Waals surface area contributed by atoms with Crippen LogP contribution in [0.2, 0.25) is 0 Å². The monoisotopic (exact) mass is 187 g/mol. The van der Waals surface area contributed by atoms with Gasteiger partial charge in [-0.3, -0.25) is 0 Å². The second-order valence-electron chi connectivity index (χ2n) is 2.96. The first-order valence-electron chi connectivity index (χ1n) is 4.17. The standard InChI is InChI=1S/C8H14ClN3/c1-4-6(2)12-7(3)8(5-9)10-11-12/h6H,4-5H2,1-3H3. The molecule has 0 aliphatic carbocycles. The number of hydrogen-bond acceptors (Lipinski definition) is 2. The molecule has 0 radical (unpaired) electrons. The number of halogens is 1. The van der Waals surface area contributed by atoms with E-state index in [1.807, 2.05) is 11.6 Å². The molecule has 0 N–H and O–H groups in total. The molecule has 1 heterocycles. The van der Waals surface area contributed by atoms with Gasteiger partial charge in [-0.25, -0.2) is 4.68 Å². The molecule has 0 amide bonds. The summed E-state index contributed by atoms with van der Waals surface area (Å²) in [4.78, 5) is 0. The number of nitrogens with zero attached hydrogens (tertiary/aromatic N) is 3. The highest BCUT2D eigenvalue weighted by Gasteiger charge is 2.10. The van der Waals surface area contributed by atoms with E-state index in [2.05, 4.69) is 24.2 Å². The second-order valence-corrected chi connectivity index (χ2v) is 3.22. The van der Waals surface area contributed by atoms with Crippen molar-refractivity contribution in [2.75, 3.05) is 0 Å². The normalized spacial score (nSPS) is 13.3. The van der Waals surface area contributed by atoms with Crippen LogP contribution in [-0.2, 0) is 5.88 Å². The van der Waals surface area contributed by atoms with Crippen LogP contribution < -0.4 is 0 Å². The minimum Gasteiger partial charge on any atom is -0.247 e. The molecule has 0 bridgehead atoms. The minimum atomic E-state index is 0.412. The first-order chi connectivity index (χ1) is 5.70. The molecule has 0 aromatic carbocycles. The van der Waals surface area contributed by atoms with Crippen molar-refractivity contribution in [3.8, 4) is 0 Å². The second kappa shape index (κ2) is 3.90. The lowest BCUT2D eigenvalue weighted by molar-refractivity contribution is 0.455. The fraction of sp³-hybridized carbons (Fsp3) is 0.750. The molecule has 0 saturated heterocycles. The summed E-state index contributed by atoms with van der Waals surface area (Å²) in [7, 11) is 0. The van der Waals surface area contributed by atoms with Crippen molar-refractivity contribution in [1.29, 1.82) is 0 Å². The third kappa shape index (κ3) is 1.61. The van der Waals surface area contributed by atoms with E-state index in [1.54, 1.807) is 0 Å². The number of rotatable bonds is 3. The minimum absolute atomic E-state index is 0.412. The lowest BCUT2D eigenvalue weighted by Gasteiger charge is -2.09. The van der Waals surface area contributed by atoms with Gasteiger partial charge in [-0.05, 0) is 20.3 Å². The van der Waals surface area contributed by atoms with Crippen molar-refractivity contribution in [3.05, 3.63) is 11.4 Å². The van der Waals surface area contributed by atoms with E-state index in [0.717, 1.165) is 17.8 Å². The Morgan fingerprint density at radius 1 is 1.58 bits per heavy atom. The van der Waals surface area contributed by atoms with Crippen molar-refractivity contribution < 1.29 is 0 Å². The number of aromatic nitrogens is 3. The Morgan fingerprint density at radius 2 is 2.25 bits per heavy atom. The van der Waals surface area contributed by atoms with Crippen LogP contribution in [0.15, 0.2) is 0 Å². The first kappa shape index (κ1) is 9.52. The SMILES string of the molecule is CCC(C)n1nnc(CCl)c1C. The molecule has 1 atom stereocenters. The molecule has 1 aromatic heterocycles. The lowest BCUT2D eigenvalue weighted by Crippen LogP contribution is -2.07. The van der Waals surface area contributed by atoms with Crippen LogP contribution in [0, 0.1) is 6.92 Å². The Kier molecular flexibility index (Phi) is 3.09. The van der Waals surface area contributed by atoms with Crippen LogP contribution in [0.4, 0.5) is 0 Å². The molecule has 0 saturated carbocycles. The zero-order chi connectivity index (χ0) is 9.14. The Balaban J connectivity index is 2.93. The molecule has 68 valence electrons. The quantitative estimate of drug-likeness (QED) is 0.680. The molecule has 1 rings (SSSR count). The summed E-state index contributed by atoms with van der Waals surface area (Å²) in [6.07, 6.45) is 1.06. The Bertz CT molecular complexity index is 257. The molecule has 0 spiro atoms. The van der Waals surface area contributed by atoms with Crippen LogP contribution in [0.1, 0.15) is 37.7 Å². The van der Waals surface area contributed by atoms with Gasteiger partial charge in [0.05, 0.1) is 17.6 Å². The first-order valence-corrected chi connectivity index (χ1v) is 4.70. The van der Waals surface area contributed by atoms with E-state index < -0.39 is 0 Å². The van der Waals surface area contributed by atoms with Gasteiger partial charge >= 0.3 is 0 Å². The zero-order valence-electron chi connectivity index (χ0n) is 7.71. The summed E-state index contributed by atoms with van der Waals surface area (Å²) >= 11 is 5.68. The predicted octanol–water partition coefficient (Wildman–Crippen LogP) is 2.30. The highest BCUT2D eigenvalue weighted by atomic mass is 35.5. The highest BCUT2D eigenvalue weighted by Crippen LogP contribution is 2.14. The highest BCUT2D eigenvalue weighted by molar-refractivity contribution is 6.16. The van der Waals surface area contributed by atoms with E-state index in [0.29, 0.717) is 11.9 Å². The molecule has 0 fully saturated rings. The molecule has 1 unspecified atom stereocenters. The molecule has 3 nitrogen and oxygen atoms in total. The molecule has 1 aromatic rings. The van der Waals surface area contributed by atoms with Gasteiger partial charge in [-0.1, -0.05) is 12.1 Å². The van der Waals surface area contributed by atoms with E-state index in [4.69, 9.17) is 11.6 Å². The summed E-state index contributed by atoms with van der Waals surface area (Å²) in [6.45, 7) is 6.26. The maximum Gasteiger partial charge on any atom is 0.100 e. The Hall–Kier alpha value is -0.570. The topological polar surface area (TPSA) is 30.7 Å². The summed E-state index contributed by atoms with van der Waals surface area (Å²) in [5, 5.41) is 8.02. The lowest BCUT2D eigenvalue weighted by atomic mass is 10.2. The Labute approximate surface area is 77.7 Å². The van der Waals surface area contributed by atoms with Crippen molar-refractivity contribution >= 4 is 11.6 Å². The van der Waals surface area contributed by atoms with E-state index in [-0.39, 0.29) is 0 Å². The van der Waals surface area contributed by atoms with Gasteiger partial charge in [-0.15, -0.1) is 16.7 Å². The molecule has 4 heteroatoms. The fourth-order valence-electron chi connectivity index (χ4n) is 1.09. The van der Waals surface area contributed by atoms with Crippen molar-refractivity contribution in [3.63, 3.8) is 0 Å². The largest absolute Gasteiger partial charge is 0.247 e. The fourth-order valence-corrected chi connectivity index (χ4v) is 1.34. The number of alkyl halides is 1. The van der Waals surface area contributed by atoms with Gasteiger partial charge in [0.25, 0.3) is 0 Å². The Morgan fingerprint density at radius 3 is 2.67 bits per heavy atom. The van der Waals surface area contributed by atoms with Crippen molar-refractivity contribution in [2.45, 2.75) is 39.1 Å². The van der Waals surface area contributed by atoms with Gasteiger partial charge in [0.1, 0.15) is 5.69 Å². The summed E-state index contributed by atoms with van der Waals surface area (Å²) < 4.78 is 1.93. The van der Waals surface area contributed by atoms with Crippen LogP contribution in [0.25, 0.3) is 0 Å². The smallest absolute Gasteiger partial charge is 0.100 e. The van der Waals surface area contributed by atoms with E-state index in [1.165, 1.54) is 0 Å². The maximum atomic E-state index is 5.68. The van der Waals surface area contributed by atoms with Crippen LogP contribution in [0.5, 0.6) is 0 Å². The third-order valence-electron chi connectivity index (χ3n) is 2.16. The maximum absolute atomic E-state index is 5.68. The summed E-state index contributed by atoms with van der Waals surface area (Å²) in [6, 6.07) is 0.412. The van der Waals surface area contributed by atoms with Crippen molar-refractivity contribution in [2.24, 2.45) is 0 Å². The van der Waals surface area contributed by atoms with Gasteiger partial charge in [-0.2, -0.15) is 0 Å². The van der Waals surface area contributed by atoms with Gasteiger partial charge in [0.2, 0.25) is 0 Å². The van der Waals surface area contributed by atoms with Crippen LogP contribution in [-0.4, -0.2) is 15.0 Å². The van der Waals surface area contributed by atoms with Crippen molar-refractivity contribution in [1.82, 2.24) is 15.0 Å². The summed E-state index contributed by atoms with van der Waals surface area (Å²) in [5.41, 5.74) is 1.97. The molecule has 12 heavy (non-hydrogen) atoms. The number of hydrogen-bond donors (Lipinski definition) is 0. The molecular weight excluding hydrogens is 174 g/mol. The molecular formula is C8H14ClN3. The van der Waals surface area contributed by atoms with Gasteiger partial charge in [0.15, 0.2) is 0 Å². The average molecular weight is 188 g/mol. The van der Waals surface area contributed by atoms with Gasteiger partial charge < -0.3 is 0 Å². The molecule has 0 aliphatic heterocycles. The third-order valence-corrected chi connectivity index (χ3v) is 2.41. The van der Waals surface area contributed by atoms with Gasteiger partial charge in [0, 0.05) is 0 Å². The van der Waals surface area contributed by atoms with Crippen LogP contribution >= 0.6 is 11.6 Å².